The second kappa shape index (κ2) is 11.0. The van der Waals surface area contributed by atoms with Crippen LogP contribution in [0.1, 0.15) is 25.8 Å². The first-order chi connectivity index (χ1) is 12.2. The average molecular weight is 366 g/mol. The van der Waals surface area contributed by atoms with E-state index in [0.29, 0.717) is 5.11 Å². The predicted octanol–water partition coefficient (Wildman–Crippen LogP) is 0.579. The number of rotatable bonds is 8. The Kier molecular flexibility index (Phi) is 8.65. The van der Waals surface area contributed by atoms with Gasteiger partial charge in [-0.05, 0) is 55.4 Å². The van der Waals surface area contributed by atoms with Gasteiger partial charge in [-0.15, -0.1) is 0 Å². The smallest absolute Gasteiger partial charge is 0.187 e. The monoisotopic (exact) mass is 365 g/mol. The van der Waals surface area contributed by atoms with E-state index in [1.807, 2.05) is 31.2 Å². The molecule has 1 heterocycles. The summed E-state index contributed by atoms with van der Waals surface area (Å²) in [4.78, 5) is 1.55. The molecule has 7 heteroatoms. The molecule has 25 heavy (non-hydrogen) atoms. The standard InChI is InChI=1S/C18H28N4O2S/c1-3-12-24-17-6-4-16(5-7-17)15(2)20-21-18(25)19-8-9-22-10-13-23-14-11-22/h4-7H,3,8-14H2,1-2H3,(H2,19,21,25)/p+1/b20-15-. The van der Waals surface area contributed by atoms with Crippen molar-refractivity contribution < 1.29 is 14.4 Å². The van der Waals surface area contributed by atoms with Gasteiger partial charge in [0, 0.05) is 0 Å². The molecule has 2 rings (SSSR count). The molecule has 0 radical (unpaired) electrons. The fraction of sp³-hybridized carbons (Fsp3) is 0.556. The van der Waals surface area contributed by atoms with Crippen LogP contribution in [0, 0.1) is 0 Å². The summed E-state index contributed by atoms with van der Waals surface area (Å²) < 4.78 is 10.9. The minimum absolute atomic E-state index is 0.551. The van der Waals surface area contributed by atoms with Crippen LogP contribution in [0.2, 0.25) is 0 Å². The zero-order chi connectivity index (χ0) is 17.9. The van der Waals surface area contributed by atoms with Crippen molar-refractivity contribution in [1.29, 1.82) is 0 Å². The first kappa shape index (κ1) is 19.6. The molecule has 0 spiro atoms. The Bertz CT molecular complexity index is 557. The van der Waals surface area contributed by atoms with Crippen LogP contribution in [-0.4, -0.2) is 56.8 Å². The molecule has 1 aromatic rings. The number of ether oxygens (including phenoxy) is 2. The molecule has 1 aromatic carbocycles. The van der Waals surface area contributed by atoms with Crippen LogP contribution in [0.5, 0.6) is 5.75 Å². The minimum atomic E-state index is 0.551. The van der Waals surface area contributed by atoms with E-state index in [1.54, 1.807) is 4.90 Å². The lowest BCUT2D eigenvalue weighted by Crippen LogP contribution is -3.14. The van der Waals surface area contributed by atoms with Gasteiger partial charge in [-0.3, -0.25) is 5.43 Å². The largest absolute Gasteiger partial charge is 0.494 e. The van der Waals surface area contributed by atoms with Gasteiger partial charge in [0.1, 0.15) is 18.8 Å². The molecule has 0 unspecified atom stereocenters. The molecule has 0 aliphatic carbocycles. The number of quaternary nitrogens is 1. The third kappa shape index (κ3) is 7.37. The number of hydrazone groups is 1. The first-order valence-electron chi connectivity index (χ1n) is 8.91. The van der Waals surface area contributed by atoms with Crippen LogP contribution in [-0.2, 0) is 4.74 Å². The molecule has 1 aliphatic rings. The topological polar surface area (TPSA) is 59.3 Å². The van der Waals surface area contributed by atoms with E-state index in [1.165, 1.54) is 0 Å². The van der Waals surface area contributed by atoms with Crippen LogP contribution in [0.25, 0.3) is 0 Å². The zero-order valence-electron chi connectivity index (χ0n) is 15.1. The maximum Gasteiger partial charge on any atom is 0.187 e. The summed E-state index contributed by atoms with van der Waals surface area (Å²) in [6.07, 6.45) is 1.00. The highest BCUT2D eigenvalue weighted by Gasteiger charge is 2.12. The Balaban J connectivity index is 1.70. The summed E-state index contributed by atoms with van der Waals surface area (Å²) in [5, 5.41) is 8.10. The molecular weight excluding hydrogens is 336 g/mol. The highest BCUT2D eigenvalue weighted by Crippen LogP contribution is 2.13. The average Bonchev–Trinajstić information content (AvgIpc) is 2.65. The summed E-state index contributed by atoms with van der Waals surface area (Å²) in [6, 6.07) is 7.94. The number of nitrogens with one attached hydrogen (secondary N) is 3. The van der Waals surface area contributed by atoms with Crippen LogP contribution in [0.3, 0.4) is 0 Å². The van der Waals surface area contributed by atoms with Gasteiger partial charge in [-0.1, -0.05) is 6.92 Å². The van der Waals surface area contributed by atoms with Crippen LogP contribution in [0.4, 0.5) is 0 Å². The molecule has 138 valence electrons. The van der Waals surface area contributed by atoms with Crippen molar-refractivity contribution in [3.05, 3.63) is 29.8 Å². The molecule has 1 fully saturated rings. The van der Waals surface area contributed by atoms with E-state index in [9.17, 15) is 0 Å². The zero-order valence-corrected chi connectivity index (χ0v) is 16.0. The lowest BCUT2D eigenvalue weighted by Gasteiger charge is -2.23. The third-order valence-electron chi connectivity index (χ3n) is 4.03. The van der Waals surface area contributed by atoms with E-state index in [0.717, 1.165) is 69.4 Å². The minimum Gasteiger partial charge on any atom is -0.494 e. The molecule has 0 atom stereocenters. The number of nitrogens with zero attached hydrogens (tertiary/aromatic N) is 1. The quantitative estimate of drug-likeness (QED) is 0.357. The predicted molar refractivity (Wildman–Crippen MR) is 105 cm³/mol. The highest BCUT2D eigenvalue weighted by molar-refractivity contribution is 7.80. The fourth-order valence-electron chi connectivity index (χ4n) is 2.51. The summed E-state index contributed by atoms with van der Waals surface area (Å²) in [5.74, 6) is 0.883. The van der Waals surface area contributed by atoms with Crippen molar-refractivity contribution >= 4 is 23.0 Å². The lowest BCUT2D eigenvalue weighted by molar-refractivity contribution is -0.906. The molecule has 0 saturated carbocycles. The van der Waals surface area contributed by atoms with Gasteiger partial charge in [0.25, 0.3) is 0 Å². The van der Waals surface area contributed by atoms with E-state index in [2.05, 4.69) is 22.8 Å². The highest BCUT2D eigenvalue weighted by atomic mass is 32.1. The van der Waals surface area contributed by atoms with Crippen LogP contribution in [0.15, 0.2) is 29.4 Å². The molecule has 1 aliphatic heterocycles. The van der Waals surface area contributed by atoms with Gasteiger partial charge in [0.05, 0.1) is 38.6 Å². The summed E-state index contributed by atoms with van der Waals surface area (Å²) >= 11 is 5.27. The number of morpholine rings is 1. The van der Waals surface area contributed by atoms with Crippen LogP contribution >= 0.6 is 12.2 Å². The van der Waals surface area contributed by atoms with Crippen molar-refractivity contribution in [3.8, 4) is 5.75 Å². The Labute approximate surface area is 155 Å². The second-order valence-corrected chi connectivity index (χ2v) is 6.46. The number of benzene rings is 1. The van der Waals surface area contributed by atoms with E-state index >= 15 is 0 Å². The summed E-state index contributed by atoms with van der Waals surface area (Å²) in [7, 11) is 0. The maximum absolute atomic E-state index is 5.59. The molecule has 0 bridgehead atoms. The number of thiocarbonyl (C=S) groups is 1. The third-order valence-corrected chi connectivity index (χ3v) is 4.27. The van der Waals surface area contributed by atoms with Gasteiger partial charge in [0.2, 0.25) is 0 Å². The lowest BCUT2D eigenvalue weighted by atomic mass is 10.1. The van der Waals surface area contributed by atoms with Crippen molar-refractivity contribution in [2.24, 2.45) is 5.10 Å². The maximum atomic E-state index is 5.59. The number of hydrogen-bond acceptors (Lipinski definition) is 4. The first-order valence-corrected chi connectivity index (χ1v) is 9.32. The van der Waals surface area contributed by atoms with Gasteiger partial charge < -0.3 is 19.7 Å². The van der Waals surface area contributed by atoms with Crippen molar-refractivity contribution in [1.82, 2.24) is 10.7 Å². The molecule has 0 aromatic heterocycles. The van der Waals surface area contributed by atoms with E-state index in [4.69, 9.17) is 21.7 Å². The summed E-state index contributed by atoms with van der Waals surface area (Å²) in [6.45, 7) is 10.5. The molecule has 6 nitrogen and oxygen atoms in total. The normalized spacial score (nSPS) is 15.7. The Hall–Kier alpha value is -1.70. The van der Waals surface area contributed by atoms with Crippen LogP contribution < -0.4 is 20.4 Å². The molecule has 3 N–H and O–H groups in total. The second-order valence-electron chi connectivity index (χ2n) is 6.05. The molecule has 1 saturated heterocycles. The van der Waals surface area contributed by atoms with Gasteiger partial charge in [0.15, 0.2) is 5.11 Å². The summed E-state index contributed by atoms with van der Waals surface area (Å²) in [5.41, 5.74) is 4.83. The van der Waals surface area contributed by atoms with Gasteiger partial charge >= 0.3 is 0 Å². The Morgan fingerprint density at radius 2 is 2.00 bits per heavy atom. The van der Waals surface area contributed by atoms with Crippen molar-refractivity contribution in [3.63, 3.8) is 0 Å². The Morgan fingerprint density at radius 3 is 2.68 bits per heavy atom. The molecular formula is C18H29N4O2S+. The van der Waals surface area contributed by atoms with Crippen molar-refractivity contribution in [2.75, 3.05) is 46.0 Å². The van der Waals surface area contributed by atoms with Gasteiger partial charge in [-0.2, -0.15) is 5.10 Å². The van der Waals surface area contributed by atoms with E-state index in [-0.39, 0.29) is 0 Å². The Morgan fingerprint density at radius 1 is 1.28 bits per heavy atom. The molecule has 0 amide bonds. The van der Waals surface area contributed by atoms with Gasteiger partial charge in [-0.25, -0.2) is 0 Å². The van der Waals surface area contributed by atoms with Crippen molar-refractivity contribution in [2.45, 2.75) is 20.3 Å². The van der Waals surface area contributed by atoms with E-state index < -0.39 is 0 Å². The number of hydrogen-bond donors (Lipinski definition) is 3. The fourth-order valence-corrected chi connectivity index (χ4v) is 2.66. The SMILES string of the molecule is CCCOc1ccc(/C(C)=N\NC(=S)NCC[NH+]2CCOCC2)cc1.